The van der Waals surface area contributed by atoms with Gasteiger partial charge in [-0.25, -0.2) is 4.39 Å². The number of carbonyl (C=O) groups excluding carboxylic acids is 1. The minimum Gasteiger partial charge on any atom is -0.351 e. The van der Waals surface area contributed by atoms with Gasteiger partial charge in [0.2, 0.25) is 5.91 Å². The molecule has 1 amide bonds. The van der Waals surface area contributed by atoms with E-state index >= 15 is 0 Å². The van der Waals surface area contributed by atoms with E-state index < -0.39 is 24.0 Å². The van der Waals surface area contributed by atoms with Crippen LogP contribution in [-0.2, 0) is 11.3 Å². The molecule has 0 radical (unpaired) electrons. The molecule has 21 heavy (non-hydrogen) atoms. The van der Waals surface area contributed by atoms with Crippen molar-refractivity contribution in [2.24, 2.45) is 5.92 Å². The summed E-state index contributed by atoms with van der Waals surface area (Å²) >= 11 is 0. The van der Waals surface area contributed by atoms with Gasteiger partial charge in [0.05, 0.1) is 12.0 Å². The van der Waals surface area contributed by atoms with Crippen molar-refractivity contribution in [3.63, 3.8) is 0 Å². The lowest BCUT2D eigenvalue weighted by molar-refractivity contribution is -0.180. The Hall–Kier alpha value is -1.63. The topological polar surface area (TPSA) is 41.1 Å². The molecule has 0 aromatic heterocycles. The van der Waals surface area contributed by atoms with Crippen molar-refractivity contribution < 1.29 is 22.4 Å². The number of alkyl halides is 3. The van der Waals surface area contributed by atoms with Gasteiger partial charge in [-0.1, -0.05) is 12.1 Å². The number of amides is 1. The maximum Gasteiger partial charge on any atom is 0.393 e. The van der Waals surface area contributed by atoms with Crippen LogP contribution in [0.1, 0.15) is 18.4 Å². The Bertz CT molecular complexity index is 496. The summed E-state index contributed by atoms with van der Waals surface area (Å²) in [6.45, 7) is -0.0982. The molecule has 2 unspecified atom stereocenters. The van der Waals surface area contributed by atoms with Crippen molar-refractivity contribution in [2.75, 3.05) is 6.54 Å². The summed E-state index contributed by atoms with van der Waals surface area (Å²) in [5.41, 5.74) is 0.604. The molecule has 0 aliphatic carbocycles. The predicted octanol–water partition coefficient (Wildman–Crippen LogP) is 2.37. The van der Waals surface area contributed by atoms with Crippen molar-refractivity contribution in [3.05, 3.63) is 35.6 Å². The van der Waals surface area contributed by atoms with Crippen LogP contribution in [0.15, 0.2) is 24.3 Å². The second kappa shape index (κ2) is 6.43. The van der Waals surface area contributed by atoms with Crippen molar-refractivity contribution in [2.45, 2.75) is 31.6 Å². The molecular weight excluding hydrogens is 288 g/mol. The Balaban J connectivity index is 1.80. The molecular formula is C14H16F4N2O. The van der Waals surface area contributed by atoms with Crippen molar-refractivity contribution in [3.8, 4) is 0 Å². The smallest absolute Gasteiger partial charge is 0.351 e. The summed E-state index contributed by atoms with van der Waals surface area (Å²) in [5, 5.41) is 5.22. The van der Waals surface area contributed by atoms with Gasteiger partial charge in [0.1, 0.15) is 5.82 Å². The van der Waals surface area contributed by atoms with E-state index in [2.05, 4.69) is 10.6 Å². The lowest BCUT2D eigenvalue weighted by Crippen LogP contribution is -2.51. The number of nitrogens with one attached hydrogen (secondary N) is 2. The summed E-state index contributed by atoms with van der Waals surface area (Å²) < 4.78 is 50.5. The third-order valence-electron chi connectivity index (χ3n) is 3.55. The minimum atomic E-state index is -4.23. The molecule has 1 heterocycles. The highest BCUT2D eigenvalue weighted by molar-refractivity contribution is 5.81. The van der Waals surface area contributed by atoms with Crippen molar-refractivity contribution in [1.29, 1.82) is 0 Å². The molecule has 0 spiro atoms. The molecule has 2 atom stereocenters. The van der Waals surface area contributed by atoms with Crippen molar-refractivity contribution >= 4 is 5.91 Å². The van der Waals surface area contributed by atoms with Crippen LogP contribution in [0.3, 0.4) is 0 Å². The average Bonchev–Trinajstić information content (AvgIpc) is 2.44. The van der Waals surface area contributed by atoms with Gasteiger partial charge in [0.25, 0.3) is 0 Å². The number of carbonyl (C=O) groups is 1. The van der Waals surface area contributed by atoms with E-state index in [4.69, 9.17) is 0 Å². The van der Waals surface area contributed by atoms with E-state index in [0.29, 0.717) is 5.56 Å². The fourth-order valence-electron chi connectivity index (χ4n) is 2.32. The molecule has 0 saturated carbocycles. The Morgan fingerprint density at radius 1 is 1.33 bits per heavy atom. The van der Waals surface area contributed by atoms with E-state index in [0.717, 1.165) is 0 Å². The third-order valence-corrected chi connectivity index (χ3v) is 3.55. The highest BCUT2D eigenvalue weighted by Gasteiger charge is 2.42. The monoisotopic (exact) mass is 304 g/mol. The van der Waals surface area contributed by atoms with Gasteiger partial charge >= 0.3 is 6.18 Å². The van der Waals surface area contributed by atoms with Crippen molar-refractivity contribution in [1.82, 2.24) is 10.6 Å². The molecule has 116 valence electrons. The normalized spacial score (nSPS) is 22.9. The Labute approximate surface area is 119 Å². The van der Waals surface area contributed by atoms with Crippen LogP contribution in [0.25, 0.3) is 0 Å². The number of rotatable bonds is 3. The van der Waals surface area contributed by atoms with Gasteiger partial charge in [0.15, 0.2) is 0 Å². The number of hydrogen-bond acceptors (Lipinski definition) is 2. The fraction of sp³-hybridized carbons (Fsp3) is 0.500. The number of piperidine rings is 1. The van der Waals surface area contributed by atoms with Crippen LogP contribution < -0.4 is 10.6 Å². The largest absolute Gasteiger partial charge is 0.393 e. The Kier molecular flexibility index (Phi) is 4.82. The van der Waals surface area contributed by atoms with Crippen LogP contribution in [0.2, 0.25) is 0 Å². The van der Waals surface area contributed by atoms with Gasteiger partial charge in [-0.15, -0.1) is 0 Å². The first-order valence-electron chi connectivity index (χ1n) is 6.68. The van der Waals surface area contributed by atoms with E-state index in [1.807, 2.05) is 0 Å². The Morgan fingerprint density at radius 3 is 2.67 bits per heavy atom. The summed E-state index contributed by atoms with van der Waals surface area (Å²) in [6.07, 6.45) is -4.15. The second-order valence-corrected chi connectivity index (χ2v) is 5.12. The molecule has 1 aromatic carbocycles. The highest BCUT2D eigenvalue weighted by atomic mass is 19.4. The molecule has 1 aliphatic heterocycles. The van der Waals surface area contributed by atoms with E-state index in [1.165, 1.54) is 18.2 Å². The van der Waals surface area contributed by atoms with Crippen LogP contribution in [0, 0.1) is 11.7 Å². The van der Waals surface area contributed by atoms with Gasteiger partial charge in [-0.2, -0.15) is 13.2 Å². The summed E-state index contributed by atoms with van der Waals surface area (Å²) in [7, 11) is 0. The molecule has 2 N–H and O–H groups in total. The number of benzene rings is 1. The molecule has 1 aromatic rings. The molecule has 7 heteroatoms. The molecule has 2 rings (SSSR count). The van der Waals surface area contributed by atoms with Gasteiger partial charge in [0, 0.05) is 13.1 Å². The first-order chi connectivity index (χ1) is 9.86. The van der Waals surface area contributed by atoms with E-state index in [9.17, 15) is 22.4 Å². The molecule has 1 fully saturated rings. The molecule has 1 saturated heterocycles. The van der Waals surface area contributed by atoms with Gasteiger partial charge < -0.3 is 10.6 Å². The fourth-order valence-corrected chi connectivity index (χ4v) is 2.32. The van der Waals surface area contributed by atoms with Gasteiger partial charge in [-0.3, -0.25) is 4.79 Å². The predicted molar refractivity (Wildman–Crippen MR) is 68.8 cm³/mol. The van der Waals surface area contributed by atoms with Crippen LogP contribution >= 0.6 is 0 Å². The summed E-state index contributed by atoms with van der Waals surface area (Å²) in [5.74, 6) is -2.16. The number of hydrogen-bond donors (Lipinski definition) is 2. The van der Waals surface area contributed by atoms with Gasteiger partial charge in [-0.05, 0) is 30.5 Å². The lowest BCUT2D eigenvalue weighted by Gasteiger charge is -2.30. The molecule has 1 aliphatic rings. The third kappa shape index (κ3) is 4.42. The summed E-state index contributed by atoms with van der Waals surface area (Å²) in [4.78, 5) is 11.9. The average molecular weight is 304 g/mol. The minimum absolute atomic E-state index is 0.0610. The second-order valence-electron chi connectivity index (χ2n) is 5.12. The quantitative estimate of drug-likeness (QED) is 0.842. The maximum atomic E-state index is 13.0. The first kappa shape index (κ1) is 15.8. The Morgan fingerprint density at radius 2 is 2.10 bits per heavy atom. The maximum absolute atomic E-state index is 13.0. The molecule has 3 nitrogen and oxygen atoms in total. The summed E-state index contributed by atoms with van der Waals surface area (Å²) in [6, 6.07) is 5.16. The highest BCUT2D eigenvalue weighted by Crippen LogP contribution is 2.31. The molecule has 0 bridgehead atoms. The van der Waals surface area contributed by atoms with E-state index in [1.54, 1.807) is 6.07 Å². The van der Waals surface area contributed by atoms with E-state index in [-0.39, 0.29) is 31.8 Å². The van der Waals surface area contributed by atoms with Crippen LogP contribution in [-0.4, -0.2) is 24.7 Å². The zero-order valence-corrected chi connectivity index (χ0v) is 11.2. The number of halogens is 4. The van der Waals surface area contributed by atoms with Crippen LogP contribution in [0.4, 0.5) is 17.6 Å². The zero-order valence-electron chi connectivity index (χ0n) is 11.2. The lowest BCUT2D eigenvalue weighted by atomic mass is 9.94. The standard InChI is InChI=1S/C14H16F4N2O/c15-11-3-1-2-9(6-11)7-20-13(21)12-5-4-10(8-19-12)14(16,17)18/h1-3,6,10,12,19H,4-5,7-8H2,(H,20,21). The SMILES string of the molecule is O=C(NCc1cccc(F)c1)C1CCC(C(F)(F)F)CN1. The zero-order chi connectivity index (χ0) is 15.5. The first-order valence-corrected chi connectivity index (χ1v) is 6.68. The van der Waals surface area contributed by atoms with Crippen LogP contribution in [0.5, 0.6) is 0 Å².